The highest BCUT2D eigenvalue weighted by Crippen LogP contribution is 2.24. The van der Waals surface area contributed by atoms with Crippen LogP contribution in [0.1, 0.15) is 48.8 Å². The van der Waals surface area contributed by atoms with Crippen molar-refractivity contribution in [3.05, 3.63) is 95.7 Å². The Kier molecular flexibility index (Phi) is 8.14. The summed E-state index contributed by atoms with van der Waals surface area (Å²) in [6, 6.07) is 22.9. The van der Waals surface area contributed by atoms with E-state index in [1.807, 2.05) is 43.3 Å². The van der Waals surface area contributed by atoms with Gasteiger partial charge in [-0.05, 0) is 80.6 Å². The highest BCUT2D eigenvalue weighted by atomic mass is 32.2. The van der Waals surface area contributed by atoms with E-state index in [1.54, 1.807) is 30.5 Å². The van der Waals surface area contributed by atoms with E-state index in [0.717, 1.165) is 53.0 Å². The molecular weight excluding hydrogens is 508 g/mol. The minimum Gasteiger partial charge on any atom is -0.355 e. The summed E-state index contributed by atoms with van der Waals surface area (Å²) < 4.78 is 27.6. The van der Waals surface area contributed by atoms with E-state index in [1.165, 1.54) is 5.56 Å². The zero-order valence-corrected chi connectivity index (χ0v) is 23.4. The number of benzene rings is 3. The molecule has 7 nitrogen and oxygen atoms in total. The molecule has 0 bridgehead atoms. The number of rotatable bonds is 10. The van der Waals surface area contributed by atoms with Crippen molar-refractivity contribution in [1.29, 1.82) is 0 Å². The predicted molar refractivity (Wildman–Crippen MR) is 154 cm³/mol. The summed E-state index contributed by atoms with van der Waals surface area (Å²) in [5.41, 5.74) is 3.82. The lowest BCUT2D eigenvalue weighted by Gasteiger charge is -2.28. The molecule has 0 spiro atoms. The number of hydrogen-bond donors (Lipinski definition) is 1. The Labute approximate surface area is 230 Å². The van der Waals surface area contributed by atoms with Crippen LogP contribution in [0.15, 0.2) is 83.9 Å². The molecule has 0 aliphatic carbocycles. The van der Waals surface area contributed by atoms with E-state index in [4.69, 9.17) is 0 Å². The SMILES string of the molecule is Cc1ccc(S(=O)(=O)n2ncc3cc(C[C@@H](CNC(=O)C[C@H](C)c4ccccc4)N4CCCC4)ccc32)cc1. The van der Waals surface area contributed by atoms with Crippen LogP contribution in [-0.2, 0) is 21.2 Å². The normalized spacial score (nSPS) is 15.8. The molecule has 1 fully saturated rings. The summed E-state index contributed by atoms with van der Waals surface area (Å²) in [5, 5.41) is 8.21. The molecule has 8 heteroatoms. The van der Waals surface area contributed by atoms with Crippen molar-refractivity contribution >= 4 is 26.8 Å². The molecule has 1 amide bonds. The minimum absolute atomic E-state index is 0.0635. The molecule has 2 atom stereocenters. The molecule has 204 valence electrons. The number of carbonyl (C=O) groups excluding carboxylic acids is 1. The van der Waals surface area contributed by atoms with Crippen molar-refractivity contribution in [2.24, 2.45) is 0 Å². The van der Waals surface area contributed by atoms with Gasteiger partial charge < -0.3 is 5.32 Å². The van der Waals surface area contributed by atoms with Gasteiger partial charge in [-0.15, -0.1) is 0 Å². The first-order valence-corrected chi connectivity index (χ1v) is 15.1. The number of nitrogens with zero attached hydrogens (tertiary/aromatic N) is 3. The second kappa shape index (κ2) is 11.7. The maximum absolute atomic E-state index is 13.2. The second-order valence-electron chi connectivity index (χ2n) is 10.6. The minimum atomic E-state index is -3.79. The molecule has 4 aromatic rings. The van der Waals surface area contributed by atoms with Crippen molar-refractivity contribution in [2.45, 2.75) is 56.4 Å². The summed E-state index contributed by atoms with van der Waals surface area (Å²) in [6.07, 6.45) is 5.16. The maximum Gasteiger partial charge on any atom is 0.283 e. The number of hydrogen-bond acceptors (Lipinski definition) is 5. The molecule has 1 saturated heterocycles. The topological polar surface area (TPSA) is 84.3 Å². The van der Waals surface area contributed by atoms with Crippen molar-refractivity contribution in [3.63, 3.8) is 0 Å². The molecule has 1 aromatic heterocycles. The van der Waals surface area contributed by atoms with Crippen LogP contribution in [0.5, 0.6) is 0 Å². The van der Waals surface area contributed by atoms with Gasteiger partial charge in [0.2, 0.25) is 5.91 Å². The lowest BCUT2D eigenvalue weighted by Crippen LogP contribution is -2.44. The fraction of sp³-hybridized carbons (Fsp3) is 0.355. The van der Waals surface area contributed by atoms with Gasteiger partial charge in [0.15, 0.2) is 0 Å². The van der Waals surface area contributed by atoms with E-state index in [2.05, 4.69) is 34.4 Å². The summed E-state index contributed by atoms with van der Waals surface area (Å²) >= 11 is 0. The summed E-state index contributed by atoms with van der Waals surface area (Å²) in [4.78, 5) is 15.5. The number of aryl methyl sites for hydroxylation is 1. The van der Waals surface area contributed by atoms with Crippen molar-refractivity contribution < 1.29 is 13.2 Å². The molecule has 1 aliphatic heterocycles. The average molecular weight is 545 g/mol. The van der Waals surface area contributed by atoms with Gasteiger partial charge in [-0.1, -0.05) is 61.0 Å². The third kappa shape index (κ3) is 6.23. The number of likely N-dealkylation sites (tertiary alicyclic amines) is 1. The van der Waals surface area contributed by atoms with Gasteiger partial charge in [0.1, 0.15) is 0 Å². The number of carbonyl (C=O) groups is 1. The number of nitrogens with one attached hydrogen (secondary N) is 1. The van der Waals surface area contributed by atoms with E-state index in [0.29, 0.717) is 18.5 Å². The molecule has 0 unspecified atom stereocenters. The van der Waals surface area contributed by atoms with Crippen LogP contribution in [0.4, 0.5) is 0 Å². The van der Waals surface area contributed by atoms with Gasteiger partial charge in [-0.3, -0.25) is 9.69 Å². The Balaban J connectivity index is 1.29. The first kappa shape index (κ1) is 27.1. The first-order valence-electron chi connectivity index (χ1n) is 13.7. The Morgan fingerprint density at radius 3 is 2.44 bits per heavy atom. The monoisotopic (exact) mass is 544 g/mol. The fourth-order valence-corrected chi connectivity index (χ4v) is 6.65. The predicted octanol–water partition coefficient (Wildman–Crippen LogP) is 4.90. The van der Waals surface area contributed by atoms with Gasteiger partial charge >= 0.3 is 0 Å². The Hall–Kier alpha value is -3.49. The third-order valence-electron chi connectivity index (χ3n) is 7.67. The Morgan fingerprint density at radius 2 is 1.72 bits per heavy atom. The zero-order chi connectivity index (χ0) is 27.4. The average Bonchev–Trinajstić information content (AvgIpc) is 3.62. The molecule has 39 heavy (non-hydrogen) atoms. The quantitative estimate of drug-likeness (QED) is 0.307. The van der Waals surface area contributed by atoms with E-state index in [9.17, 15) is 13.2 Å². The van der Waals surface area contributed by atoms with Crippen molar-refractivity contribution in [2.75, 3.05) is 19.6 Å². The van der Waals surface area contributed by atoms with Crippen LogP contribution in [0.2, 0.25) is 0 Å². The number of amides is 1. The summed E-state index contributed by atoms with van der Waals surface area (Å²) in [5.74, 6) is 0.222. The van der Waals surface area contributed by atoms with Crippen LogP contribution in [0.25, 0.3) is 10.9 Å². The first-order chi connectivity index (χ1) is 18.8. The smallest absolute Gasteiger partial charge is 0.283 e. The lowest BCUT2D eigenvalue weighted by molar-refractivity contribution is -0.121. The van der Waals surface area contributed by atoms with Gasteiger partial charge in [0.25, 0.3) is 10.0 Å². The number of aromatic nitrogens is 2. The Morgan fingerprint density at radius 1 is 1.00 bits per heavy atom. The van der Waals surface area contributed by atoms with Crippen LogP contribution < -0.4 is 5.32 Å². The van der Waals surface area contributed by atoms with Gasteiger partial charge in [0.05, 0.1) is 16.6 Å². The van der Waals surface area contributed by atoms with E-state index < -0.39 is 10.0 Å². The molecule has 3 aromatic carbocycles. The van der Waals surface area contributed by atoms with Crippen LogP contribution in [0, 0.1) is 6.92 Å². The molecule has 1 N–H and O–H groups in total. The molecular formula is C31H36N4O3S. The standard InChI is InChI=1S/C31H36N4O3S/c1-23-10-13-29(14-11-23)39(37,38)35-30-15-12-25(19-27(30)21-33-35)20-28(34-16-6-7-17-34)22-32-31(36)18-24(2)26-8-4-3-5-9-26/h3-5,8-15,19,21,24,28H,6-7,16-18,20,22H2,1-2H3,(H,32,36)/t24-,28-/m0/s1. The van der Waals surface area contributed by atoms with Crippen molar-refractivity contribution in [3.8, 4) is 0 Å². The highest BCUT2D eigenvalue weighted by molar-refractivity contribution is 7.90. The number of fused-ring (bicyclic) bond motifs is 1. The van der Waals surface area contributed by atoms with E-state index in [-0.39, 0.29) is 22.8 Å². The van der Waals surface area contributed by atoms with Crippen LogP contribution in [0.3, 0.4) is 0 Å². The lowest BCUT2D eigenvalue weighted by atomic mass is 9.97. The molecule has 0 saturated carbocycles. The molecule has 1 aliphatic rings. The highest BCUT2D eigenvalue weighted by Gasteiger charge is 2.24. The van der Waals surface area contributed by atoms with Gasteiger partial charge in [-0.2, -0.15) is 17.6 Å². The second-order valence-corrected chi connectivity index (χ2v) is 12.4. The molecule has 0 radical (unpaired) electrons. The molecule has 2 heterocycles. The summed E-state index contributed by atoms with van der Waals surface area (Å²) in [6.45, 7) is 6.64. The Bertz CT molecular complexity index is 1530. The summed E-state index contributed by atoms with van der Waals surface area (Å²) in [7, 11) is -3.79. The van der Waals surface area contributed by atoms with Crippen LogP contribution in [-0.4, -0.2) is 54.1 Å². The van der Waals surface area contributed by atoms with Gasteiger partial charge in [-0.25, -0.2) is 0 Å². The zero-order valence-electron chi connectivity index (χ0n) is 22.6. The third-order valence-corrected chi connectivity index (χ3v) is 9.28. The largest absolute Gasteiger partial charge is 0.355 e. The maximum atomic E-state index is 13.2. The fourth-order valence-electron chi connectivity index (χ4n) is 5.38. The van der Waals surface area contributed by atoms with E-state index >= 15 is 0 Å². The van der Waals surface area contributed by atoms with Crippen molar-refractivity contribution in [1.82, 2.24) is 19.4 Å². The van der Waals surface area contributed by atoms with Gasteiger partial charge in [0, 0.05) is 24.4 Å². The van der Waals surface area contributed by atoms with Crippen LogP contribution >= 0.6 is 0 Å². The molecule has 5 rings (SSSR count).